The van der Waals surface area contributed by atoms with E-state index in [2.05, 4.69) is 10.3 Å². The van der Waals surface area contributed by atoms with Gasteiger partial charge in [-0.05, 0) is 30.2 Å². The molecular formula is C16H18BN3O6. The van der Waals surface area contributed by atoms with Crippen molar-refractivity contribution >= 4 is 24.8 Å². The minimum atomic E-state index is -1.79. The van der Waals surface area contributed by atoms with Crippen molar-refractivity contribution < 1.29 is 29.9 Å². The van der Waals surface area contributed by atoms with Crippen molar-refractivity contribution in [3.8, 4) is 5.75 Å². The van der Waals surface area contributed by atoms with Gasteiger partial charge in [-0.25, -0.2) is 9.78 Å². The first-order valence-corrected chi connectivity index (χ1v) is 7.69. The highest BCUT2D eigenvalue weighted by molar-refractivity contribution is 6.43. The summed E-state index contributed by atoms with van der Waals surface area (Å²) in [5.41, 5.74) is 5.71. The molecular weight excluding hydrogens is 341 g/mol. The Morgan fingerprint density at radius 2 is 2.00 bits per heavy atom. The van der Waals surface area contributed by atoms with E-state index in [1.807, 2.05) is 0 Å². The molecule has 7 N–H and O–H groups in total. The number of aromatic nitrogens is 1. The van der Waals surface area contributed by atoms with Crippen molar-refractivity contribution in [1.82, 2.24) is 10.3 Å². The first kappa shape index (κ1) is 19.2. The number of rotatable bonds is 7. The molecule has 0 saturated carbocycles. The monoisotopic (exact) mass is 359 g/mol. The highest BCUT2D eigenvalue weighted by Gasteiger charge is 2.26. The Balaban J connectivity index is 2.09. The van der Waals surface area contributed by atoms with Crippen LogP contribution in [0.25, 0.3) is 0 Å². The number of hydrogen-bond donors (Lipinski definition) is 6. The molecule has 1 aromatic heterocycles. The molecule has 0 fully saturated rings. The fourth-order valence-corrected chi connectivity index (χ4v) is 2.41. The van der Waals surface area contributed by atoms with Crippen molar-refractivity contribution in [2.45, 2.75) is 12.2 Å². The predicted octanol–water partition coefficient (Wildman–Crippen LogP) is -0.117. The van der Waals surface area contributed by atoms with Gasteiger partial charge >= 0.3 is 13.1 Å². The summed E-state index contributed by atoms with van der Waals surface area (Å²) in [6.45, 7) is -0.116. The molecule has 1 amide bonds. The minimum absolute atomic E-state index is 0.0522. The van der Waals surface area contributed by atoms with Crippen LogP contribution in [-0.4, -0.2) is 50.8 Å². The van der Waals surface area contributed by atoms with Crippen LogP contribution in [0, 0.1) is 0 Å². The summed E-state index contributed by atoms with van der Waals surface area (Å²) in [4.78, 5) is 26.9. The number of carbonyl (C=O) groups excluding carboxylic acids is 1. The number of nitrogens with zero attached hydrogens (tertiary/aromatic N) is 1. The van der Waals surface area contributed by atoms with Gasteiger partial charge in [0, 0.05) is 24.1 Å². The molecule has 0 aliphatic heterocycles. The van der Waals surface area contributed by atoms with Crippen LogP contribution < -0.4 is 11.1 Å². The van der Waals surface area contributed by atoms with Gasteiger partial charge in [0.25, 0.3) is 5.91 Å². The predicted molar refractivity (Wildman–Crippen MR) is 93.7 cm³/mol. The highest BCUT2D eigenvalue weighted by Crippen LogP contribution is 2.27. The van der Waals surface area contributed by atoms with E-state index in [1.54, 1.807) is 0 Å². The lowest BCUT2D eigenvalue weighted by Crippen LogP contribution is -2.35. The first-order valence-electron chi connectivity index (χ1n) is 7.69. The molecule has 0 saturated heterocycles. The van der Waals surface area contributed by atoms with Crippen LogP contribution in [-0.2, 0) is 6.42 Å². The highest BCUT2D eigenvalue weighted by atomic mass is 16.4. The van der Waals surface area contributed by atoms with Gasteiger partial charge in [0.05, 0.1) is 0 Å². The second-order valence-corrected chi connectivity index (χ2v) is 5.68. The number of aromatic hydroxyl groups is 1. The van der Waals surface area contributed by atoms with Gasteiger partial charge < -0.3 is 31.3 Å². The Morgan fingerprint density at radius 3 is 2.62 bits per heavy atom. The third-order valence-electron chi connectivity index (χ3n) is 3.82. The smallest absolute Gasteiger partial charge is 0.456 e. The molecule has 1 aromatic carbocycles. The van der Waals surface area contributed by atoms with Crippen molar-refractivity contribution in [3.63, 3.8) is 0 Å². The van der Waals surface area contributed by atoms with Crippen LogP contribution in [0.4, 0.5) is 5.82 Å². The van der Waals surface area contributed by atoms with Gasteiger partial charge in [0.1, 0.15) is 17.1 Å². The Hall–Kier alpha value is -3.11. The number of nitrogens with two attached hydrogens (primary N) is 1. The molecule has 0 radical (unpaired) electrons. The van der Waals surface area contributed by atoms with E-state index in [-0.39, 0.29) is 35.5 Å². The number of anilines is 1. The summed E-state index contributed by atoms with van der Waals surface area (Å²) < 4.78 is 0. The Morgan fingerprint density at radius 1 is 1.27 bits per heavy atom. The number of carboxylic acids is 1. The quantitative estimate of drug-likeness (QED) is 0.372. The number of carbonyl (C=O) groups is 2. The van der Waals surface area contributed by atoms with Gasteiger partial charge in [-0.3, -0.25) is 4.79 Å². The van der Waals surface area contributed by atoms with Gasteiger partial charge in [-0.1, -0.05) is 12.1 Å². The van der Waals surface area contributed by atoms with Crippen molar-refractivity contribution in [3.05, 3.63) is 53.2 Å². The third kappa shape index (κ3) is 4.71. The zero-order valence-electron chi connectivity index (χ0n) is 13.7. The van der Waals surface area contributed by atoms with Crippen LogP contribution in [0.2, 0.25) is 5.82 Å². The van der Waals surface area contributed by atoms with Crippen LogP contribution in [0.3, 0.4) is 0 Å². The summed E-state index contributed by atoms with van der Waals surface area (Å²) in [5.74, 6) is -2.92. The van der Waals surface area contributed by atoms with Crippen LogP contribution >= 0.6 is 0 Å². The SMILES string of the molecule is Nc1cc(C(=O)NC[C@@H](Cc2cccc(C(=O)O)c2O)B(O)O)ccn1. The molecule has 0 unspecified atom stereocenters. The lowest BCUT2D eigenvalue weighted by molar-refractivity contribution is 0.0693. The van der Waals surface area contributed by atoms with E-state index in [0.29, 0.717) is 0 Å². The molecule has 0 aliphatic rings. The molecule has 9 nitrogen and oxygen atoms in total. The summed E-state index contributed by atoms with van der Waals surface area (Å²) in [5, 5.41) is 40.7. The van der Waals surface area contributed by atoms with E-state index in [1.165, 1.54) is 36.5 Å². The Kier molecular flexibility index (Phi) is 6.15. The maximum Gasteiger partial charge on any atom is 0.456 e. The van der Waals surface area contributed by atoms with E-state index < -0.39 is 30.6 Å². The number of pyridine rings is 1. The van der Waals surface area contributed by atoms with Crippen molar-refractivity contribution in [2.24, 2.45) is 0 Å². The lowest BCUT2D eigenvalue weighted by atomic mass is 9.69. The van der Waals surface area contributed by atoms with Crippen molar-refractivity contribution in [2.75, 3.05) is 12.3 Å². The second-order valence-electron chi connectivity index (χ2n) is 5.68. The summed E-state index contributed by atoms with van der Waals surface area (Å²) >= 11 is 0. The zero-order valence-corrected chi connectivity index (χ0v) is 13.7. The summed E-state index contributed by atoms with van der Waals surface area (Å²) in [6, 6.07) is 6.99. The molecule has 10 heteroatoms. The van der Waals surface area contributed by atoms with Crippen molar-refractivity contribution in [1.29, 1.82) is 0 Å². The van der Waals surface area contributed by atoms with E-state index in [9.17, 15) is 24.7 Å². The molecule has 26 heavy (non-hydrogen) atoms. The lowest BCUT2D eigenvalue weighted by Gasteiger charge is -2.18. The van der Waals surface area contributed by atoms with E-state index in [0.717, 1.165) is 0 Å². The average molecular weight is 359 g/mol. The average Bonchev–Trinajstić information content (AvgIpc) is 2.59. The zero-order chi connectivity index (χ0) is 19.3. The topological polar surface area (TPSA) is 166 Å². The molecule has 0 spiro atoms. The summed E-state index contributed by atoms with van der Waals surface area (Å²) in [6.07, 6.45) is 1.32. The molecule has 1 heterocycles. The first-order chi connectivity index (χ1) is 12.3. The molecule has 136 valence electrons. The number of nitrogen functional groups attached to an aromatic ring is 1. The summed E-state index contributed by atoms with van der Waals surface area (Å²) in [7, 11) is -1.79. The minimum Gasteiger partial charge on any atom is -0.507 e. The number of amides is 1. The number of benzene rings is 1. The third-order valence-corrected chi connectivity index (χ3v) is 3.82. The fourth-order valence-electron chi connectivity index (χ4n) is 2.41. The Labute approximate surface area is 149 Å². The second kappa shape index (κ2) is 8.32. The van der Waals surface area contributed by atoms with E-state index in [4.69, 9.17) is 10.8 Å². The van der Waals surface area contributed by atoms with Gasteiger partial charge in [0.2, 0.25) is 0 Å². The molecule has 0 aliphatic carbocycles. The molecule has 0 bridgehead atoms. The Bertz CT molecular complexity index is 814. The normalized spacial score (nSPS) is 11.6. The standard InChI is InChI=1S/C16H18BN3O6/c18-13-7-10(4-5-19-13)15(22)20-8-11(17(25)26)6-9-2-1-3-12(14(9)21)16(23)24/h1-5,7,11,21,25-26H,6,8H2,(H2,18,19)(H,20,22)(H,23,24)/t11-/m1/s1. The number of para-hydroxylation sites is 1. The number of nitrogens with one attached hydrogen (secondary N) is 1. The number of phenols is 1. The maximum absolute atomic E-state index is 12.1. The van der Waals surface area contributed by atoms with Crippen LogP contribution in [0.1, 0.15) is 26.3 Å². The number of hydrogen-bond acceptors (Lipinski definition) is 7. The van der Waals surface area contributed by atoms with Gasteiger partial charge in [-0.2, -0.15) is 0 Å². The fraction of sp³-hybridized carbons (Fsp3) is 0.188. The van der Waals surface area contributed by atoms with Crippen LogP contribution in [0.15, 0.2) is 36.5 Å². The number of aromatic carboxylic acids is 1. The van der Waals surface area contributed by atoms with Crippen LogP contribution in [0.5, 0.6) is 5.75 Å². The molecule has 2 rings (SSSR count). The maximum atomic E-state index is 12.1. The largest absolute Gasteiger partial charge is 0.507 e. The van der Waals surface area contributed by atoms with Gasteiger partial charge in [-0.15, -0.1) is 0 Å². The molecule has 1 atom stereocenters. The molecule has 2 aromatic rings. The number of carboxylic acid groups (broad SMARTS) is 1. The van der Waals surface area contributed by atoms with E-state index >= 15 is 0 Å². The van der Waals surface area contributed by atoms with Gasteiger partial charge in [0.15, 0.2) is 0 Å².